The summed E-state index contributed by atoms with van der Waals surface area (Å²) >= 11 is 0. The average Bonchev–Trinajstić information content (AvgIpc) is 2.44. The third-order valence-corrected chi connectivity index (χ3v) is 1.96. The van der Waals surface area contributed by atoms with Crippen molar-refractivity contribution in [3.8, 4) is 0 Å². The van der Waals surface area contributed by atoms with Gasteiger partial charge < -0.3 is 10.4 Å². The van der Waals surface area contributed by atoms with Crippen LogP contribution in [0.15, 0.2) is 42.4 Å². The number of hydrazine groups is 1. The van der Waals surface area contributed by atoms with Crippen molar-refractivity contribution in [3.63, 3.8) is 0 Å². The van der Waals surface area contributed by atoms with Crippen LogP contribution in [-0.2, 0) is 4.79 Å². The van der Waals surface area contributed by atoms with Crippen LogP contribution in [0.2, 0.25) is 0 Å². The van der Waals surface area contributed by atoms with Gasteiger partial charge in [-0.3, -0.25) is 20.4 Å². The van der Waals surface area contributed by atoms with Crippen LogP contribution in [0.4, 0.5) is 0 Å². The first-order valence-electron chi connectivity index (χ1n) is 5.25. The summed E-state index contributed by atoms with van der Waals surface area (Å²) in [6, 6.07) is 8.34. The Labute approximate surface area is 108 Å². The van der Waals surface area contributed by atoms with Crippen molar-refractivity contribution in [2.24, 2.45) is 0 Å². The molecule has 0 saturated carbocycles. The number of aliphatic hydroxyl groups excluding tert-OH is 1. The number of hydrogen-bond acceptors (Lipinski definition) is 5. The van der Waals surface area contributed by atoms with Gasteiger partial charge in [0.1, 0.15) is 0 Å². The Kier molecular flexibility index (Phi) is 5.36. The minimum Gasteiger partial charge on any atom is -0.490 e. The Bertz CT molecular complexity index is 521. The monoisotopic (exact) mass is 262 g/mol. The molecule has 0 fully saturated rings. The smallest absolute Gasteiger partial charge is 0.409 e. The maximum absolute atomic E-state index is 11.5. The molecule has 8 nitrogen and oxygen atoms in total. The van der Waals surface area contributed by atoms with E-state index in [-0.39, 0.29) is 6.54 Å². The summed E-state index contributed by atoms with van der Waals surface area (Å²) in [5.74, 6) is -1.52. The molecular weight excluding hydrogens is 250 g/mol. The fourth-order valence-corrected chi connectivity index (χ4v) is 1.10. The minimum absolute atomic E-state index is 0.299. The molecule has 0 aliphatic rings. The van der Waals surface area contributed by atoms with Gasteiger partial charge in [0.05, 0.1) is 6.54 Å². The number of rotatable bonds is 4. The summed E-state index contributed by atoms with van der Waals surface area (Å²) in [4.78, 5) is 25.4. The second-order valence-corrected chi connectivity index (χ2v) is 3.35. The SMILES string of the molecule is N#[N+]C=C(O)NCC(=O)NNC(=O)c1ccccc1. The van der Waals surface area contributed by atoms with Crippen molar-refractivity contribution < 1.29 is 14.7 Å². The van der Waals surface area contributed by atoms with E-state index in [2.05, 4.69) is 21.1 Å². The molecule has 0 spiro atoms. The first-order chi connectivity index (χ1) is 9.13. The molecule has 4 N–H and O–H groups in total. The molecule has 0 bridgehead atoms. The van der Waals surface area contributed by atoms with Gasteiger partial charge in [-0.25, -0.2) is 0 Å². The quantitative estimate of drug-likeness (QED) is 0.352. The Morgan fingerprint density at radius 2 is 1.95 bits per heavy atom. The summed E-state index contributed by atoms with van der Waals surface area (Å²) in [5.41, 5.74) is 4.75. The highest BCUT2D eigenvalue weighted by Gasteiger charge is 2.07. The van der Waals surface area contributed by atoms with Crippen LogP contribution in [0.5, 0.6) is 0 Å². The molecule has 0 atom stereocenters. The van der Waals surface area contributed by atoms with E-state index in [9.17, 15) is 9.59 Å². The summed E-state index contributed by atoms with van der Waals surface area (Å²) in [7, 11) is 0. The summed E-state index contributed by atoms with van der Waals surface area (Å²) in [6.45, 7) is -0.299. The summed E-state index contributed by atoms with van der Waals surface area (Å²) in [6.07, 6.45) is 0.718. The van der Waals surface area contributed by atoms with E-state index in [0.29, 0.717) is 5.56 Å². The zero-order valence-corrected chi connectivity index (χ0v) is 9.83. The van der Waals surface area contributed by atoms with Gasteiger partial charge in [0, 0.05) is 5.56 Å². The molecule has 2 amide bonds. The number of amides is 2. The van der Waals surface area contributed by atoms with Gasteiger partial charge in [0.2, 0.25) is 5.39 Å². The largest absolute Gasteiger partial charge is 0.490 e. The molecule has 98 valence electrons. The van der Waals surface area contributed by atoms with E-state index in [1.807, 2.05) is 0 Å². The van der Waals surface area contributed by atoms with Crippen molar-refractivity contribution in [2.45, 2.75) is 0 Å². The highest BCUT2D eigenvalue weighted by Crippen LogP contribution is 1.96. The Morgan fingerprint density at radius 3 is 2.58 bits per heavy atom. The summed E-state index contributed by atoms with van der Waals surface area (Å²) < 4.78 is 0. The number of carbonyl (C=O) groups excluding carboxylic acids is 2. The van der Waals surface area contributed by atoms with E-state index < -0.39 is 17.7 Å². The lowest BCUT2D eigenvalue weighted by atomic mass is 10.2. The van der Waals surface area contributed by atoms with E-state index in [1.54, 1.807) is 30.3 Å². The van der Waals surface area contributed by atoms with Crippen molar-refractivity contribution in [3.05, 3.63) is 53.0 Å². The topological polar surface area (TPSA) is 119 Å². The number of nitrogens with one attached hydrogen (secondary N) is 3. The molecule has 0 saturated heterocycles. The molecule has 0 aliphatic heterocycles. The molecule has 0 radical (unpaired) electrons. The van der Waals surface area contributed by atoms with Crippen molar-refractivity contribution in [1.82, 2.24) is 16.2 Å². The second-order valence-electron chi connectivity index (χ2n) is 3.35. The molecule has 19 heavy (non-hydrogen) atoms. The fraction of sp³-hybridized carbons (Fsp3) is 0.0909. The van der Waals surface area contributed by atoms with Crippen LogP contribution in [-0.4, -0.2) is 23.5 Å². The van der Waals surface area contributed by atoms with Crippen LogP contribution >= 0.6 is 0 Å². The maximum Gasteiger partial charge on any atom is 0.409 e. The van der Waals surface area contributed by atoms with Gasteiger partial charge in [-0.05, 0) is 12.1 Å². The van der Waals surface area contributed by atoms with Crippen molar-refractivity contribution in [1.29, 1.82) is 5.39 Å². The molecule has 1 rings (SSSR count). The minimum atomic E-state index is -0.581. The predicted molar refractivity (Wildman–Crippen MR) is 65.8 cm³/mol. The number of hydrogen-bond donors (Lipinski definition) is 4. The lowest BCUT2D eigenvalue weighted by Crippen LogP contribution is -2.45. The van der Waals surface area contributed by atoms with Crippen LogP contribution in [0, 0.1) is 5.39 Å². The number of diazo groups is 1. The van der Waals surface area contributed by atoms with E-state index in [1.165, 1.54) is 0 Å². The first-order valence-corrected chi connectivity index (χ1v) is 5.25. The number of aliphatic hydroxyl groups is 1. The van der Waals surface area contributed by atoms with Gasteiger partial charge in [0.25, 0.3) is 17.7 Å². The van der Waals surface area contributed by atoms with E-state index in [0.717, 1.165) is 6.20 Å². The zero-order chi connectivity index (χ0) is 14.1. The van der Waals surface area contributed by atoms with Gasteiger partial charge in [-0.2, -0.15) is 0 Å². The van der Waals surface area contributed by atoms with Crippen LogP contribution < -0.4 is 16.2 Å². The molecule has 0 unspecified atom stereocenters. The van der Waals surface area contributed by atoms with E-state index >= 15 is 0 Å². The Morgan fingerprint density at radius 1 is 1.26 bits per heavy atom. The van der Waals surface area contributed by atoms with Gasteiger partial charge in [0.15, 0.2) is 4.98 Å². The Hall–Kier alpha value is -3.08. The lowest BCUT2D eigenvalue weighted by molar-refractivity contribution is -0.121. The highest BCUT2D eigenvalue weighted by atomic mass is 16.3. The predicted octanol–water partition coefficient (Wildman–Crippen LogP) is 0.247. The second kappa shape index (κ2) is 7.29. The van der Waals surface area contributed by atoms with Gasteiger partial charge >= 0.3 is 6.20 Å². The summed E-state index contributed by atoms with van der Waals surface area (Å²) in [5, 5.41) is 19.3. The molecule has 1 aromatic rings. The number of carbonyl (C=O) groups is 2. The van der Waals surface area contributed by atoms with Crippen LogP contribution in [0.3, 0.4) is 0 Å². The molecule has 0 aromatic heterocycles. The first kappa shape index (κ1) is 14.0. The number of benzene rings is 1. The zero-order valence-electron chi connectivity index (χ0n) is 9.83. The molecule has 1 aromatic carbocycles. The van der Waals surface area contributed by atoms with Crippen LogP contribution in [0.25, 0.3) is 4.98 Å². The molecule has 0 aliphatic carbocycles. The third-order valence-electron chi connectivity index (χ3n) is 1.96. The molecule has 8 heteroatoms. The van der Waals surface area contributed by atoms with Crippen LogP contribution in [0.1, 0.15) is 10.4 Å². The van der Waals surface area contributed by atoms with Crippen molar-refractivity contribution in [2.75, 3.05) is 6.54 Å². The van der Waals surface area contributed by atoms with Gasteiger partial charge in [-0.1, -0.05) is 18.2 Å². The fourth-order valence-electron chi connectivity index (χ4n) is 1.10. The average molecular weight is 262 g/mol. The standard InChI is InChI=1S/C11H11N5O3/c12-14-7-9(17)13-6-10(18)15-16-11(19)8-4-2-1-3-5-8/h1-5,7,12-13,17H,6H2/p+1. The third kappa shape index (κ3) is 5.18. The van der Waals surface area contributed by atoms with Crippen molar-refractivity contribution >= 4 is 11.8 Å². The molecule has 0 heterocycles. The van der Waals surface area contributed by atoms with E-state index in [4.69, 9.17) is 10.5 Å². The molecular formula is C11H12N5O3+. The normalized spacial score (nSPS) is 10.2. The lowest BCUT2D eigenvalue weighted by Gasteiger charge is -2.07. The van der Waals surface area contributed by atoms with Gasteiger partial charge in [-0.15, -0.1) is 0 Å². The Balaban J connectivity index is 2.33. The number of nitrogens with zero attached hydrogens (tertiary/aromatic N) is 2. The highest BCUT2D eigenvalue weighted by molar-refractivity contribution is 5.95. The maximum atomic E-state index is 11.5.